The van der Waals surface area contributed by atoms with Gasteiger partial charge in [0, 0.05) is 51.5 Å². The van der Waals surface area contributed by atoms with Crippen LogP contribution in [0.2, 0.25) is 0 Å². The molecule has 3 rings (SSSR count). The first kappa shape index (κ1) is 25.4. The van der Waals surface area contributed by atoms with Crippen molar-refractivity contribution in [2.24, 2.45) is 0 Å². The van der Waals surface area contributed by atoms with Crippen LogP contribution in [0, 0.1) is 0 Å². The molecule has 2 atom stereocenters. The Hall–Kier alpha value is -2.19. The normalized spacial score (nSPS) is 17.5. The predicted octanol–water partition coefficient (Wildman–Crippen LogP) is 4.12. The standard InChI is InChI=1S/C26H39N3O4/c1-4-16-32-20-23(30)18-28(14-10-17-31-3)19-24-25(22-12-6-5-7-13-22)27-33-26(24)29-15-9-8-11-21(29)2/h4-7,12-13,21,23,30H,1,8-11,14-20H2,2-3H3. The number of nitrogens with zero attached hydrogens (tertiary/aromatic N) is 3. The monoisotopic (exact) mass is 457 g/mol. The lowest BCUT2D eigenvalue weighted by molar-refractivity contribution is 0.0230. The third kappa shape index (κ3) is 7.40. The Bertz CT molecular complexity index is 826. The Morgan fingerprint density at radius 3 is 2.88 bits per heavy atom. The molecule has 0 saturated carbocycles. The Kier molecular flexibility index (Phi) is 10.4. The van der Waals surface area contributed by atoms with Crippen LogP contribution in [0.1, 0.15) is 38.2 Å². The average molecular weight is 458 g/mol. The highest BCUT2D eigenvalue weighted by Gasteiger charge is 2.29. The summed E-state index contributed by atoms with van der Waals surface area (Å²) >= 11 is 0. The van der Waals surface area contributed by atoms with Gasteiger partial charge in [0.1, 0.15) is 5.69 Å². The number of anilines is 1. The van der Waals surface area contributed by atoms with Gasteiger partial charge in [-0.25, -0.2) is 0 Å². The molecule has 2 aromatic rings. The second kappa shape index (κ2) is 13.5. The van der Waals surface area contributed by atoms with Crippen molar-refractivity contribution in [3.63, 3.8) is 0 Å². The van der Waals surface area contributed by atoms with E-state index in [-0.39, 0.29) is 6.61 Å². The molecule has 0 spiro atoms. The fraction of sp³-hybridized carbons (Fsp3) is 0.577. The number of aliphatic hydroxyl groups is 1. The number of methoxy groups -OCH3 is 1. The molecule has 33 heavy (non-hydrogen) atoms. The Labute approximate surface area is 198 Å². The summed E-state index contributed by atoms with van der Waals surface area (Å²) in [6, 6.07) is 10.6. The molecule has 2 heterocycles. The molecule has 1 aromatic heterocycles. The summed E-state index contributed by atoms with van der Waals surface area (Å²) in [6.07, 6.45) is 5.52. The fourth-order valence-electron chi connectivity index (χ4n) is 4.42. The number of ether oxygens (including phenoxy) is 2. The molecule has 1 saturated heterocycles. The van der Waals surface area contributed by atoms with E-state index < -0.39 is 6.10 Å². The van der Waals surface area contributed by atoms with Gasteiger partial charge in [0.05, 0.1) is 24.9 Å². The lowest BCUT2D eigenvalue weighted by Crippen LogP contribution is -2.39. The molecular formula is C26H39N3O4. The first-order valence-corrected chi connectivity index (χ1v) is 12.0. The summed E-state index contributed by atoms with van der Waals surface area (Å²) in [7, 11) is 1.71. The maximum absolute atomic E-state index is 10.6. The van der Waals surface area contributed by atoms with Crippen LogP contribution in [0.5, 0.6) is 0 Å². The Morgan fingerprint density at radius 2 is 2.15 bits per heavy atom. The molecule has 0 amide bonds. The van der Waals surface area contributed by atoms with Crippen LogP contribution in [0.3, 0.4) is 0 Å². The maximum atomic E-state index is 10.6. The largest absolute Gasteiger partial charge is 0.389 e. The van der Waals surface area contributed by atoms with Crippen LogP contribution in [0.25, 0.3) is 11.3 Å². The zero-order valence-corrected chi connectivity index (χ0v) is 20.1. The van der Waals surface area contributed by atoms with Gasteiger partial charge in [-0.2, -0.15) is 0 Å². The summed E-state index contributed by atoms with van der Waals surface area (Å²) < 4.78 is 16.7. The van der Waals surface area contributed by atoms with Crippen molar-refractivity contribution in [3.8, 4) is 11.3 Å². The minimum Gasteiger partial charge on any atom is -0.389 e. The van der Waals surface area contributed by atoms with E-state index in [0.717, 1.165) is 55.1 Å². The first-order chi connectivity index (χ1) is 16.1. The second-order valence-corrected chi connectivity index (χ2v) is 8.78. The van der Waals surface area contributed by atoms with E-state index in [1.165, 1.54) is 6.42 Å². The predicted molar refractivity (Wildman–Crippen MR) is 131 cm³/mol. The van der Waals surface area contributed by atoms with Crippen LogP contribution in [-0.4, -0.2) is 73.9 Å². The molecule has 7 nitrogen and oxygen atoms in total. The highest BCUT2D eigenvalue weighted by Crippen LogP contribution is 2.35. The summed E-state index contributed by atoms with van der Waals surface area (Å²) in [5.74, 6) is 0.857. The SMILES string of the molecule is C=CCOCC(O)CN(CCCOC)Cc1c(-c2ccccc2)noc1N1CCCCC1C. The number of hydrogen-bond donors (Lipinski definition) is 1. The zero-order chi connectivity index (χ0) is 23.5. The minimum absolute atomic E-state index is 0.276. The van der Waals surface area contributed by atoms with E-state index in [1.54, 1.807) is 13.2 Å². The molecule has 1 fully saturated rings. The van der Waals surface area contributed by atoms with E-state index in [2.05, 4.69) is 40.6 Å². The van der Waals surface area contributed by atoms with E-state index in [9.17, 15) is 5.11 Å². The molecule has 7 heteroatoms. The van der Waals surface area contributed by atoms with E-state index in [1.807, 2.05) is 18.2 Å². The van der Waals surface area contributed by atoms with Crippen molar-refractivity contribution in [2.45, 2.75) is 51.3 Å². The minimum atomic E-state index is -0.593. The Morgan fingerprint density at radius 1 is 1.33 bits per heavy atom. The van der Waals surface area contributed by atoms with Crippen LogP contribution in [0.4, 0.5) is 5.88 Å². The summed E-state index contributed by atoms with van der Waals surface area (Å²) in [5.41, 5.74) is 2.99. The van der Waals surface area contributed by atoms with Crippen LogP contribution in [-0.2, 0) is 16.0 Å². The van der Waals surface area contributed by atoms with Crippen molar-refractivity contribution in [3.05, 3.63) is 48.6 Å². The molecule has 2 unspecified atom stereocenters. The quantitative estimate of drug-likeness (QED) is 0.338. The number of piperidine rings is 1. The molecule has 1 aliphatic rings. The maximum Gasteiger partial charge on any atom is 0.232 e. The van der Waals surface area contributed by atoms with E-state index >= 15 is 0 Å². The van der Waals surface area contributed by atoms with Gasteiger partial charge in [-0.05, 0) is 32.6 Å². The third-order valence-corrected chi connectivity index (χ3v) is 6.10. The van der Waals surface area contributed by atoms with Gasteiger partial charge >= 0.3 is 0 Å². The lowest BCUT2D eigenvalue weighted by atomic mass is 10.0. The van der Waals surface area contributed by atoms with Gasteiger partial charge in [0.15, 0.2) is 0 Å². The lowest BCUT2D eigenvalue weighted by Gasteiger charge is -2.34. The molecule has 1 N–H and O–H groups in total. The highest BCUT2D eigenvalue weighted by atomic mass is 16.5. The van der Waals surface area contributed by atoms with Crippen LogP contribution in [0.15, 0.2) is 47.5 Å². The number of rotatable bonds is 14. The van der Waals surface area contributed by atoms with Gasteiger partial charge in [-0.15, -0.1) is 6.58 Å². The molecule has 182 valence electrons. The van der Waals surface area contributed by atoms with Crippen molar-refractivity contribution in [1.29, 1.82) is 0 Å². The third-order valence-electron chi connectivity index (χ3n) is 6.10. The highest BCUT2D eigenvalue weighted by molar-refractivity contribution is 5.68. The molecule has 1 aromatic carbocycles. The zero-order valence-electron chi connectivity index (χ0n) is 20.1. The summed E-state index contributed by atoms with van der Waals surface area (Å²) in [6.45, 7) is 10.2. The summed E-state index contributed by atoms with van der Waals surface area (Å²) in [5, 5.41) is 15.1. The number of benzene rings is 1. The van der Waals surface area contributed by atoms with Gasteiger partial charge in [-0.1, -0.05) is 41.6 Å². The van der Waals surface area contributed by atoms with E-state index in [4.69, 9.17) is 14.0 Å². The molecule has 0 radical (unpaired) electrons. The summed E-state index contributed by atoms with van der Waals surface area (Å²) in [4.78, 5) is 4.60. The first-order valence-electron chi connectivity index (χ1n) is 12.0. The van der Waals surface area contributed by atoms with Gasteiger partial charge < -0.3 is 24.0 Å². The smallest absolute Gasteiger partial charge is 0.232 e. The molecular weight excluding hydrogens is 418 g/mol. The molecule has 1 aliphatic heterocycles. The van der Waals surface area contributed by atoms with Gasteiger partial charge in [0.25, 0.3) is 0 Å². The fourth-order valence-corrected chi connectivity index (χ4v) is 4.42. The van der Waals surface area contributed by atoms with Crippen LogP contribution < -0.4 is 4.90 Å². The average Bonchev–Trinajstić information content (AvgIpc) is 3.23. The second-order valence-electron chi connectivity index (χ2n) is 8.78. The van der Waals surface area contributed by atoms with Crippen molar-refractivity contribution in [1.82, 2.24) is 10.1 Å². The van der Waals surface area contributed by atoms with Crippen molar-refractivity contribution in [2.75, 3.05) is 51.5 Å². The molecule has 0 bridgehead atoms. The van der Waals surface area contributed by atoms with Crippen molar-refractivity contribution >= 4 is 5.88 Å². The van der Waals surface area contributed by atoms with Gasteiger partial charge in [0.2, 0.25) is 5.88 Å². The number of aliphatic hydroxyl groups excluding tert-OH is 1. The Balaban J connectivity index is 1.86. The number of hydrogen-bond acceptors (Lipinski definition) is 7. The topological polar surface area (TPSA) is 71.2 Å². The molecule has 0 aliphatic carbocycles. The van der Waals surface area contributed by atoms with E-state index in [0.29, 0.717) is 32.3 Å². The van der Waals surface area contributed by atoms with Crippen LogP contribution >= 0.6 is 0 Å². The number of aromatic nitrogens is 1. The van der Waals surface area contributed by atoms with Crippen molar-refractivity contribution < 1.29 is 19.1 Å². The van der Waals surface area contributed by atoms with Gasteiger partial charge in [-0.3, -0.25) is 4.90 Å².